The molecule has 0 atom stereocenters. The Morgan fingerprint density at radius 1 is 1.31 bits per heavy atom. The third kappa shape index (κ3) is 4.68. The summed E-state index contributed by atoms with van der Waals surface area (Å²) >= 11 is 1.68. The number of thioether (sulfide) groups is 1. The van der Waals surface area contributed by atoms with E-state index in [1.54, 1.807) is 11.8 Å². The second-order valence-electron chi connectivity index (χ2n) is 3.52. The molecule has 0 saturated carbocycles. The molecule has 0 aliphatic heterocycles. The summed E-state index contributed by atoms with van der Waals surface area (Å²) in [6, 6.07) is 7.90. The van der Waals surface area contributed by atoms with Crippen molar-refractivity contribution < 1.29 is 4.79 Å². The fourth-order valence-corrected chi connectivity index (χ4v) is 1.72. The van der Waals surface area contributed by atoms with Crippen LogP contribution in [-0.2, 0) is 11.3 Å². The molecule has 0 spiro atoms. The van der Waals surface area contributed by atoms with Crippen molar-refractivity contribution in [3.05, 3.63) is 29.8 Å². The van der Waals surface area contributed by atoms with Gasteiger partial charge in [0.1, 0.15) is 0 Å². The van der Waals surface area contributed by atoms with Crippen LogP contribution in [0.2, 0.25) is 0 Å². The van der Waals surface area contributed by atoms with Crippen molar-refractivity contribution in [1.82, 2.24) is 5.32 Å². The highest BCUT2D eigenvalue weighted by Crippen LogP contribution is 2.10. The highest BCUT2D eigenvalue weighted by atomic mass is 32.2. The standard InChI is InChI=1S/C12H18N2OS/c1-13-9-10-3-5-11(6-4-10)14-12(15)7-8-16-2/h3-6,13H,7-9H2,1-2H3,(H,14,15). The predicted octanol–water partition coefficient (Wildman–Crippen LogP) is 2.10. The summed E-state index contributed by atoms with van der Waals surface area (Å²) in [6.45, 7) is 0.848. The Morgan fingerprint density at radius 3 is 2.56 bits per heavy atom. The Hall–Kier alpha value is -1.00. The first-order chi connectivity index (χ1) is 7.76. The summed E-state index contributed by atoms with van der Waals surface area (Å²) in [7, 11) is 1.91. The van der Waals surface area contributed by atoms with E-state index in [4.69, 9.17) is 0 Å². The van der Waals surface area contributed by atoms with Crippen LogP contribution in [-0.4, -0.2) is 25.0 Å². The fourth-order valence-electron chi connectivity index (χ4n) is 1.33. The van der Waals surface area contributed by atoms with Crippen molar-refractivity contribution >= 4 is 23.4 Å². The van der Waals surface area contributed by atoms with E-state index < -0.39 is 0 Å². The molecule has 16 heavy (non-hydrogen) atoms. The van der Waals surface area contributed by atoms with E-state index in [1.165, 1.54) is 5.56 Å². The van der Waals surface area contributed by atoms with Crippen molar-refractivity contribution in [1.29, 1.82) is 0 Å². The van der Waals surface area contributed by atoms with E-state index in [9.17, 15) is 4.79 Å². The lowest BCUT2D eigenvalue weighted by Crippen LogP contribution is -2.12. The van der Waals surface area contributed by atoms with Crippen LogP contribution in [0, 0.1) is 0 Å². The zero-order valence-electron chi connectivity index (χ0n) is 9.75. The van der Waals surface area contributed by atoms with Crippen molar-refractivity contribution in [2.75, 3.05) is 24.4 Å². The number of hydrogen-bond donors (Lipinski definition) is 2. The van der Waals surface area contributed by atoms with Gasteiger partial charge in [-0.15, -0.1) is 0 Å². The molecule has 88 valence electrons. The van der Waals surface area contributed by atoms with Crippen LogP contribution in [0.1, 0.15) is 12.0 Å². The average Bonchev–Trinajstić information content (AvgIpc) is 2.29. The SMILES string of the molecule is CNCc1ccc(NC(=O)CCSC)cc1. The summed E-state index contributed by atoms with van der Waals surface area (Å²) < 4.78 is 0. The number of benzene rings is 1. The number of anilines is 1. The molecule has 1 rings (SSSR count). The summed E-state index contributed by atoms with van der Waals surface area (Å²) in [6.07, 6.45) is 2.57. The molecule has 3 nitrogen and oxygen atoms in total. The van der Waals surface area contributed by atoms with E-state index in [-0.39, 0.29) is 5.91 Å². The third-order valence-electron chi connectivity index (χ3n) is 2.15. The quantitative estimate of drug-likeness (QED) is 0.797. The molecule has 0 aliphatic carbocycles. The maximum atomic E-state index is 11.4. The van der Waals surface area contributed by atoms with Gasteiger partial charge in [0, 0.05) is 24.4 Å². The van der Waals surface area contributed by atoms with Gasteiger partial charge in [-0.1, -0.05) is 12.1 Å². The summed E-state index contributed by atoms with van der Waals surface area (Å²) in [4.78, 5) is 11.4. The normalized spacial score (nSPS) is 10.1. The minimum atomic E-state index is 0.0794. The van der Waals surface area contributed by atoms with Gasteiger partial charge < -0.3 is 10.6 Å². The molecule has 1 aromatic rings. The molecule has 0 radical (unpaired) electrons. The Kier molecular flexibility index (Phi) is 5.96. The monoisotopic (exact) mass is 238 g/mol. The molecule has 0 aliphatic rings. The first-order valence-electron chi connectivity index (χ1n) is 5.28. The Balaban J connectivity index is 2.45. The lowest BCUT2D eigenvalue weighted by Gasteiger charge is -2.06. The highest BCUT2D eigenvalue weighted by molar-refractivity contribution is 7.98. The topological polar surface area (TPSA) is 41.1 Å². The molecular weight excluding hydrogens is 220 g/mol. The third-order valence-corrected chi connectivity index (χ3v) is 2.76. The molecule has 0 unspecified atom stereocenters. The van der Waals surface area contributed by atoms with Gasteiger partial charge in [-0.05, 0) is 31.0 Å². The second kappa shape index (κ2) is 7.30. The minimum Gasteiger partial charge on any atom is -0.326 e. The van der Waals surface area contributed by atoms with Gasteiger partial charge in [-0.25, -0.2) is 0 Å². The molecule has 1 aromatic carbocycles. The van der Waals surface area contributed by atoms with Crippen molar-refractivity contribution in [2.45, 2.75) is 13.0 Å². The number of hydrogen-bond acceptors (Lipinski definition) is 3. The fraction of sp³-hybridized carbons (Fsp3) is 0.417. The van der Waals surface area contributed by atoms with Crippen molar-refractivity contribution in [2.24, 2.45) is 0 Å². The van der Waals surface area contributed by atoms with Crippen LogP contribution >= 0.6 is 11.8 Å². The summed E-state index contributed by atoms with van der Waals surface area (Å²) in [5.74, 6) is 0.944. The van der Waals surface area contributed by atoms with Crippen LogP contribution in [0.5, 0.6) is 0 Å². The first kappa shape index (κ1) is 13.1. The minimum absolute atomic E-state index is 0.0794. The van der Waals surface area contributed by atoms with Crippen molar-refractivity contribution in [3.8, 4) is 0 Å². The molecule has 4 heteroatoms. The van der Waals surface area contributed by atoms with Gasteiger partial charge in [-0.2, -0.15) is 11.8 Å². The van der Waals surface area contributed by atoms with Crippen LogP contribution < -0.4 is 10.6 Å². The molecular formula is C12H18N2OS. The van der Waals surface area contributed by atoms with Crippen LogP contribution in [0.15, 0.2) is 24.3 Å². The van der Waals surface area contributed by atoms with Gasteiger partial charge >= 0.3 is 0 Å². The molecule has 0 heterocycles. The predicted molar refractivity (Wildman–Crippen MR) is 70.8 cm³/mol. The number of nitrogens with one attached hydrogen (secondary N) is 2. The van der Waals surface area contributed by atoms with E-state index in [0.29, 0.717) is 6.42 Å². The van der Waals surface area contributed by atoms with Gasteiger partial charge in [0.05, 0.1) is 0 Å². The van der Waals surface area contributed by atoms with E-state index in [2.05, 4.69) is 10.6 Å². The molecule has 0 saturated heterocycles. The molecule has 0 fully saturated rings. The smallest absolute Gasteiger partial charge is 0.225 e. The van der Waals surface area contributed by atoms with Gasteiger partial charge in [0.15, 0.2) is 0 Å². The summed E-state index contributed by atoms with van der Waals surface area (Å²) in [5.41, 5.74) is 2.08. The molecule has 0 bridgehead atoms. The van der Waals surface area contributed by atoms with Crippen LogP contribution in [0.4, 0.5) is 5.69 Å². The lowest BCUT2D eigenvalue weighted by atomic mass is 10.2. The molecule has 0 aromatic heterocycles. The maximum absolute atomic E-state index is 11.4. The van der Waals surface area contributed by atoms with Crippen molar-refractivity contribution in [3.63, 3.8) is 0 Å². The number of carbonyl (C=O) groups is 1. The number of amides is 1. The molecule has 2 N–H and O–H groups in total. The van der Waals surface area contributed by atoms with Gasteiger partial charge in [0.2, 0.25) is 5.91 Å². The molecule has 1 amide bonds. The lowest BCUT2D eigenvalue weighted by molar-refractivity contribution is -0.115. The number of rotatable bonds is 6. The van der Waals surface area contributed by atoms with Crippen LogP contribution in [0.25, 0.3) is 0 Å². The summed E-state index contributed by atoms with van der Waals surface area (Å²) in [5, 5.41) is 5.96. The zero-order chi connectivity index (χ0) is 11.8. The zero-order valence-corrected chi connectivity index (χ0v) is 10.6. The van der Waals surface area contributed by atoms with E-state index in [0.717, 1.165) is 18.0 Å². The Bertz CT molecular complexity index is 324. The van der Waals surface area contributed by atoms with Gasteiger partial charge in [-0.3, -0.25) is 4.79 Å². The van der Waals surface area contributed by atoms with E-state index in [1.807, 2.05) is 37.6 Å². The first-order valence-corrected chi connectivity index (χ1v) is 6.68. The Morgan fingerprint density at radius 2 is 2.00 bits per heavy atom. The number of carbonyl (C=O) groups excluding carboxylic acids is 1. The highest BCUT2D eigenvalue weighted by Gasteiger charge is 2.01. The Labute approximate surface area is 101 Å². The van der Waals surface area contributed by atoms with Crippen LogP contribution in [0.3, 0.4) is 0 Å². The van der Waals surface area contributed by atoms with E-state index >= 15 is 0 Å². The maximum Gasteiger partial charge on any atom is 0.225 e. The average molecular weight is 238 g/mol. The van der Waals surface area contributed by atoms with Gasteiger partial charge in [0.25, 0.3) is 0 Å². The largest absolute Gasteiger partial charge is 0.326 e. The second-order valence-corrected chi connectivity index (χ2v) is 4.50.